The highest BCUT2D eigenvalue weighted by Crippen LogP contribution is 2.23. The number of carbonyl (C=O) groups excluding carboxylic acids is 1. The molecule has 2 rings (SSSR count). The van der Waals surface area contributed by atoms with Crippen LogP contribution in [0, 0.1) is 5.92 Å². The van der Waals surface area contributed by atoms with Gasteiger partial charge < -0.3 is 16.0 Å². The number of hydrogen-bond acceptors (Lipinski definition) is 2. The Labute approximate surface area is 145 Å². The summed E-state index contributed by atoms with van der Waals surface area (Å²) in [6.45, 7) is 7.08. The van der Waals surface area contributed by atoms with Crippen LogP contribution in [0.4, 0.5) is 0 Å². The molecule has 1 saturated heterocycles. The van der Waals surface area contributed by atoms with Crippen molar-refractivity contribution in [2.45, 2.75) is 38.5 Å². The summed E-state index contributed by atoms with van der Waals surface area (Å²) >= 11 is 0. The number of hydrogen-bond donors (Lipinski definition) is 2. The smallest absolute Gasteiger partial charge is 0.217 e. The number of benzene rings is 1. The lowest BCUT2D eigenvalue weighted by Gasteiger charge is -2.36. The molecule has 1 aromatic rings. The number of likely N-dealkylation sites (tertiary alicyclic amines) is 1. The first-order valence-corrected chi connectivity index (χ1v) is 8.72. The molecule has 0 saturated carbocycles. The molecule has 132 valence electrons. The first kappa shape index (κ1) is 18.3. The second-order valence-electron chi connectivity index (χ2n) is 7.28. The van der Waals surface area contributed by atoms with Crippen LogP contribution >= 0.6 is 0 Å². The zero-order chi connectivity index (χ0) is 17.6. The number of nitrogens with two attached hydrogens (primary N) is 1. The normalized spacial score (nSPS) is 19.2. The molecule has 1 fully saturated rings. The average molecular weight is 330 g/mol. The minimum absolute atomic E-state index is 0.0135. The topological polar surface area (TPSA) is 70.7 Å². The van der Waals surface area contributed by atoms with Gasteiger partial charge >= 0.3 is 0 Å². The van der Waals surface area contributed by atoms with Gasteiger partial charge in [-0.05, 0) is 24.3 Å². The average Bonchev–Trinajstić information content (AvgIpc) is 2.56. The second kappa shape index (κ2) is 8.18. The molecule has 5 heteroatoms. The summed E-state index contributed by atoms with van der Waals surface area (Å²) < 4.78 is 0. The van der Waals surface area contributed by atoms with Crippen LogP contribution < -0.4 is 11.1 Å². The monoisotopic (exact) mass is 330 g/mol. The molecular weight excluding hydrogens is 300 g/mol. The molecule has 24 heavy (non-hydrogen) atoms. The molecule has 1 atom stereocenters. The van der Waals surface area contributed by atoms with E-state index in [4.69, 9.17) is 5.73 Å². The second-order valence-corrected chi connectivity index (χ2v) is 7.28. The zero-order valence-electron chi connectivity index (χ0n) is 15.1. The van der Waals surface area contributed by atoms with E-state index in [1.54, 1.807) is 0 Å². The van der Waals surface area contributed by atoms with Crippen molar-refractivity contribution in [3.05, 3.63) is 35.9 Å². The quantitative estimate of drug-likeness (QED) is 0.642. The Morgan fingerprint density at radius 3 is 2.71 bits per heavy atom. The van der Waals surface area contributed by atoms with E-state index < -0.39 is 0 Å². The van der Waals surface area contributed by atoms with Crippen molar-refractivity contribution in [3.8, 4) is 0 Å². The van der Waals surface area contributed by atoms with E-state index in [-0.39, 0.29) is 11.3 Å². The lowest BCUT2D eigenvalue weighted by molar-refractivity contribution is -0.119. The van der Waals surface area contributed by atoms with Crippen LogP contribution in [0.1, 0.15) is 38.7 Å². The lowest BCUT2D eigenvalue weighted by Crippen LogP contribution is -2.49. The summed E-state index contributed by atoms with van der Waals surface area (Å²) in [4.78, 5) is 17.9. The largest absolute Gasteiger partial charge is 0.370 e. The fourth-order valence-corrected chi connectivity index (χ4v) is 3.33. The van der Waals surface area contributed by atoms with Crippen molar-refractivity contribution in [3.63, 3.8) is 0 Å². The lowest BCUT2D eigenvalue weighted by atomic mass is 9.84. The number of amides is 1. The number of rotatable bonds is 5. The first-order valence-electron chi connectivity index (χ1n) is 8.72. The van der Waals surface area contributed by atoms with Gasteiger partial charge in [-0.3, -0.25) is 9.79 Å². The van der Waals surface area contributed by atoms with Gasteiger partial charge in [0.05, 0.1) is 0 Å². The van der Waals surface area contributed by atoms with Gasteiger partial charge in [-0.25, -0.2) is 0 Å². The van der Waals surface area contributed by atoms with E-state index in [9.17, 15) is 4.79 Å². The highest BCUT2D eigenvalue weighted by Gasteiger charge is 2.25. The van der Waals surface area contributed by atoms with E-state index in [0.717, 1.165) is 38.4 Å². The van der Waals surface area contributed by atoms with Crippen LogP contribution in [0.15, 0.2) is 35.3 Å². The van der Waals surface area contributed by atoms with Gasteiger partial charge in [0.25, 0.3) is 0 Å². The van der Waals surface area contributed by atoms with Crippen LogP contribution in [0.3, 0.4) is 0 Å². The Kier molecular flexibility index (Phi) is 6.23. The number of piperidine rings is 1. The Bertz CT molecular complexity index is 568. The summed E-state index contributed by atoms with van der Waals surface area (Å²) in [5.41, 5.74) is 6.67. The minimum Gasteiger partial charge on any atom is -0.370 e. The number of nitrogens with zero attached hydrogens (tertiary/aromatic N) is 2. The van der Waals surface area contributed by atoms with Gasteiger partial charge in [0.1, 0.15) is 0 Å². The first-order chi connectivity index (χ1) is 11.4. The summed E-state index contributed by atoms with van der Waals surface area (Å²) in [6, 6.07) is 10.5. The highest BCUT2D eigenvalue weighted by molar-refractivity contribution is 5.80. The molecule has 1 unspecified atom stereocenters. The van der Waals surface area contributed by atoms with E-state index in [1.807, 2.05) is 13.1 Å². The third-order valence-electron chi connectivity index (χ3n) is 4.76. The van der Waals surface area contributed by atoms with Crippen molar-refractivity contribution in [1.82, 2.24) is 10.2 Å². The molecule has 0 spiro atoms. The molecule has 0 aromatic heterocycles. The molecule has 0 aliphatic carbocycles. The molecule has 1 aliphatic rings. The fourth-order valence-electron chi connectivity index (χ4n) is 3.33. The maximum atomic E-state index is 11.2. The SMILES string of the molecule is CN=C(NCC(C)(C)c1ccccc1)N1CCCC(CC(N)=O)C1. The van der Waals surface area contributed by atoms with Crippen molar-refractivity contribution in [2.24, 2.45) is 16.6 Å². The molecule has 3 N–H and O–H groups in total. The van der Waals surface area contributed by atoms with Crippen LogP contribution in [-0.4, -0.2) is 43.4 Å². The standard InChI is InChI=1S/C19H30N4O/c1-19(2,16-9-5-4-6-10-16)14-22-18(21-3)23-11-7-8-15(13-23)12-17(20)24/h4-6,9-10,15H,7-8,11-14H2,1-3H3,(H2,20,24)(H,21,22). The van der Waals surface area contributed by atoms with Crippen molar-refractivity contribution >= 4 is 11.9 Å². The summed E-state index contributed by atoms with van der Waals surface area (Å²) in [5, 5.41) is 3.51. The van der Waals surface area contributed by atoms with Gasteiger partial charge in [-0.1, -0.05) is 44.2 Å². The summed E-state index contributed by atoms with van der Waals surface area (Å²) in [7, 11) is 1.82. The fraction of sp³-hybridized carbons (Fsp3) is 0.579. The Balaban J connectivity index is 1.96. The molecule has 0 radical (unpaired) electrons. The Hall–Kier alpha value is -2.04. The van der Waals surface area contributed by atoms with Crippen molar-refractivity contribution in [2.75, 3.05) is 26.7 Å². The molecule has 0 bridgehead atoms. The molecule has 1 amide bonds. The number of primary amides is 1. The van der Waals surface area contributed by atoms with Gasteiger partial charge in [0, 0.05) is 38.5 Å². The van der Waals surface area contributed by atoms with Gasteiger partial charge in [0.15, 0.2) is 5.96 Å². The maximum Gasteiger partial charge on any atom is 0.217 e. The van der Waals surface area contributed by atoms with E-state index in [2.05, 4.69) is 53.3 Å². The van der Waals surface area contributed by atoms with Crippen LogP contribution in [0.5, 0.6) is 0 Å². The van der Waals surface area contributed by atoms with E-state index >= 15 is 0 Å². The Morgan fingerprint density at radius 2 is 2.08 bits per heavy atom. The number of carbonyl (C=O) groups is 1. The number of aliphatic imine (C=N–C) groups is 1. The number of nitrogens with one attached hydrogen (secondary N) is 1. The van der Waals surface area contributed by atoms with Crippen LogP contribution in [-0.2, 0) is 10.2 Å². The van der Waals surface area contributed by atoms with Gasteiger partial charge in [-0.2, -0.15) is 0 Å². The van der Waals surface area contributed by atoms with E-state index in [0.29, 0.717) is 12.3 Å². The predicted molar refractivity (Wildman–Crippen MR) is 98.9 cm³/mol. The molecule has 1 heterocycles. The van der Waals surface area contributed by atoms with Crippen molar-refractivity contribution < 1.29 is 4.79 Å². The third kappa shape index (κ3) is 4.98. The summed E-state index contributed by atoms with van der Waals surface area (Å²) in [6.07, 6.45) is 2.59. The highest BCUT2D eigenvalue weighted by atomic mass is 16.1. The van der Waals surface area contributed by atoms with Crippen LogP contribution in [0.2, 0.25) is 0 Å². The molecule has 5 nitrogen and oxygen atoms in total. The van der Waals surface area contributed by atoms with Crippen molar-refractivity contribution in [1.29, 1.82) is 0 Å². The number of guanidine groups is 1. The van der Waals surface area contributed by atoms with Crippen LogP contribution in [0.25, 0.3) is 0 Å². The minimum atomic E-state index is -0.213. The van der Waals surface area contributed by atoms with Gasteiger partial charge in [-0.15, -0.1) is 0 Å². The Morgan fingerprint density at radius 1 is 1.38 bits per heavy atom. The van der Waals surface area contributed by atoms with Gasteiger partial charge in [0.2, 0.25) is 5.91 Å². The predicted octanol–water partition coefficient (Wildman–Crippen LogP) is 2.13. The molecule has 1 aliphatic heterocycles. The molecule has 1 aromatic carbocycles. The summed E-state index contributed by atoms with van der Waals surface area (Å²) in [5.74, 6) is 1.03. The zero-order valence-corrected chi connectivity index (χ0v) is 15.1. The molecular formula is C19H30N4O. The maximum absolute atomic E-state index is 11.2. The van der Waals surface area contributed by atoms with E-state index in [1.165, 1.54) is 5.56 Å². The third-order valence-corrected chi connectivity index (χ3v) is 4.76.